The molecule has 1 aromatic heterocycles. The first-order valence-corrected chi connectivity index (χ1v) is 10.4. The number of ether oxygens (including phenoxy) is 1. The molecule has 1 aliphatic heterocycles. The highest BCUT2D eigenvalue weighted by atomic mass is 35.5. The van der Waals surface area contributed by atoms with E-state index in [0.717, 1.165) is 5.13 Å². The highest BCUT2D eigenvalue weighted by Gasteiger charge is 2.31. The third kappa shape index (κ3) is 3.91. The van der Waals surface area contributed by atoms with Crippen LogP contribution in [0.3, 0.4) is 0 Å². The van der Waals surface area contributed by atoms with Gasteiger partial charge in [0.1, 0.15) is 11.5 Å². The molecule has 0 bridgehead atoms. The Kier molecular flexibility index (Phi) is 5.81. The average Bonchev–Trinajstić information content (AvgIpc) is 3.06. The van der Waals surface area contributed by atoms with Crippen molar-refractivity contribution in [1.29, 1.82) is 0 Å². The average molecular weight is 423 g/mol. The van der Waals surface area contributed by atoms with Crippen molar-refractivity contribution < 1.29 is 13.2 Å². The summed E-state index contributed by atoms with van der Waals surface area (Å²) in [6.07, 6.45) is 0. The summed E-state index contributed by atoms with van der Waals surface area (Å²) in [6.45, 7) is 2.09. The Balaban J connectivity index is 1.71. The number of anilines is 1. The zero-order valence-electron chi connectivity index (χ0n) is 13.4. The van der Waals surface area contributed by atoms with E-state index in [2.05, 4.69) is 9.36 Å². The Labute approximate surface area is 160 Å². The molecule has 0 N–H and O–H groups in total. The molecular formula is C14H16Cl2N4O3S2. The van der Waals surface area contributed by atoms with Crippen LogP contribution in [0, 0.1) is 0 Å². The lowest BCUT2D eigenvalue weighted by Gasteiger charge is -2.33. The van der Waals surface area contributed by atoms with Crippen LogP contribution in [0.25, 0.3) is 0 Å². The van der Waals surface area contributed by atoms with E-state index in [1.165, 1.54) is 21.9 Å². The zero-order valence-corrected chi connectivity index (χ0v) is 16.5. The minimum absolute atomic E-state index is 0.0356. The molecule has 0 amide bonds. The molecule has 3 rings (SSSR count). The molecule has 0 saturated carbocycles. The predicted molar refractivity (Wildman–Crippen MR) is 98.1 cm³/mol. The van der Waals surface area contributed by atoms with Crippen molar-refractivity contribution in [1.82, 2.24) is 13.7 Å². The summed E-state index contributed by atoms with van der Waals surface area (Å²) >= 11 is 13.3. The molecule has 1 aromatic carbocycles. The molecule has 1 saturated heterocycles. The second-order valence-corrected chi connectivity index (χ2v) is 8.79. The zero-order chi connectivity index (χ0) is 18.0. The molecule has 0 atom stereocenters. The van der Waals surface area contributed by atoms with Gasteiger partial charge in [0.05, 0.1) is 10.0 Å². The van der Waals surface area contributed by atoms with Gasteiger partial charge in [-0.05, 0) is 12.1 Å². The van der Waals surface area contributed by atoms with Crippen molar-refractivity contribution in [3.8, 4) is 0 Å². The Morgan fingerprint density at radius 1 is 1.24 bits per heavy atom. The van der Waals surface area contributed by atoms with Gasteiger partial charge in [-0.1, -0.05) is 29.3 Å². The number of rotatable bonds is 5. The van der Waals surface area contributed by atoms with E-state index >= 15 is 0 Å². The number of methoxy groups -OCH3 is 1. The number of aromatic nitrogens is 2. The van der Waals surface area contributed by atoms with Crippen molar-refractivity contribution in [3.63, 3.8) is 0 Å². The van der Waals surface area contributed by atoms with Gasteiger partial charge in [0.15, 0.2) is 5.82 Å². The van der Waals surface area contributed by atoms with Gasteiger partial charge in [0.25, 0.3) is 0 Å². The molecule has 136 valence electrons. The summed E-state index contributed by atoms with van der Waals surface area (Å²) in [5, 5.41) is 1.05. The van der Waals surface area contributed by atoms with Crippen LogP contribution < -0.4 is 4.90 Å². The third-order valence-corrected chi connectivity index (χ3v) is 7.46. The largest absolute Gasteiger partial charge is 0.377 e. The first kappa shape index (κ1) is 18.8. The van der Waals surface area contributed by atoms with Crippen molar-refractivity contribution in [2.45, 2.75) is 11.5 Å². The smallest absolute Gasteiger partial charge is 0.244 e. The minimum Gasteiger partial charge on any atom is -0.377 e. The Hall–Kier alpha value is -0.970. The number of benzene rings is 1. The molecule has 0 unspecified atom stereocenters. The highest BCUT2D eigenvalue weighted by molar-refractivity contribution is 7.89. The summed E-state index contributed by atoms with van der Waals surface area (Å²) in [6, 6.07) is 4.61. The molecule has 2 heterocycles. The summed E-state index contributed by atoms with van der Waals surface area (Å²) in [5.41, 5.74) is 0. The van der Waals surface area contributed by atoms with Crippen LogP contribution in [0.15, 0.2) is 23.1 Å². The van der Waals surface area contributed by atoms with Crippen molar-refractivity contribution >= 4 is 49.9 Å². The lowest BCUT2D eigenvalue weighted by atomic mass is 10.4. The van der Waals surface area contributed by atoms with Crippen LogP contribution in [0.4, 0.5) is 5.13 Å². The first-order chi connectivity index (χ1) is 11.9. The monoisotopic (exact) mass is 422 g/mol. The number of piperazine rings is 1. The van der Waals surface area contributed by atoms with Gasteiger partial charge in [-0.15, -0.1) is 0 Å². The first-order valence-electron chi connectivity index (χ1n) is 7.44. The fourth-order valence-electron chi connectivity index (χ4n) is 2.50. The summed E-state index contributed by atoms with van der Waals surface area (Å²) in [7, 11) is -2.10. The van der Waals surface area contributed by atoms with E-state index in [4.69, 9.17) is 27.9 Å². The fourth-order valence-corrected chi connectivity index (χ4v) is 5.39. The van der Waals surface area contributed by atoms with Gasteiger partial charge in [-0.2, -0.15) is 8.68 Å². The molecule has 7 nitrogen and oxygen atoms in total. The van der Waals surface area contributed by atoms with Gasteiger partial charge >= 0.3 is 0 Å². The normalized spacial score (nSPS) is 16.4. The van der Waals surface area contributed by atoms with Gasteiger partial charge in [-0.3, -0.25) is 0 Å². The van der Waals surface area contributed by atoms with E-state index in [1.807, 2.05) is 4.90 Å². The molecular weight excluding hydrogens is 407 g/mol. The van der Waals surface area contributed by atoms with Crippen molar-refractivity contribution in [3.05, 3.63) is 34.1 Å². The summed E-state index contributed by atoms with van der Waals surface area (Å²) in [4.78, 5) is 6.45. The van der Waals surface area contributed by atoms with Gasteiger partial charge in [0.2, 0.25) is 15.2 Å². The topological polar surface area (TPSA) is 75.6 Å². The van der Waals surface area contributed by atoms with Crippen LogP contribution in [0.2, 0.25) is 10.0 Å². The molecule has 2 aromatic rings. The standard InChI is InChI=1S/C14H16Cl2N4O3S2/c1-23-9-12-17-14(24-18-12)19-5-7-20(8-6-19)25(21,22)11-4-2-3-10(15)13(11)16/h2-4H,5-9H2,1H3. The summed E-state index contributed by atoms with van der Waals surface area (Å²) < 4.78 is 36.3. The molecule has 11 heteroatoms. The number of hydrogen-bond acceptors (Lipinski definition) is 7. The molecule has 1 aliphatic rings. The third-order valence-electron chi connectivity index (χ3n) is 3.77. The summed E-state index contributed by atoms with van der Waals surface area (Å²) in [5.74, 6) is 0.628. The molecule has 0 aliphatic carbocycles. The second-order valence-electron chi connectivity index (χ2n) is 5.37. The van der Waals surface area contributed by atoms with E-state index in [-0.39, 0.29) is 14.9 Å². The lowest BCUT2D eigenvalue weighted by Crippen LogP contribution is -2.48. The van der Waals surface area contributed by atoms with Gasteiger partial charge in [-0.25, -0.2) is 13.4 Å². The van der Waals surface area contributed by atoms with Gasteiger partial charge < -0.3 is 9.64 Å². The Bertz CT molecular complexity index is 852. The van der Waals surface area contributed by atoms with Crippen LogP contribution in [0.5, 0.6) is 0 Å². The Morgan fingerprint density at radius 3 is 2.64 bits per heavy atom. The maximum absolute atomic E-state index is 12.8. The van der Waals surface area contributed by atoms with Gasteiger partial charge in [0, 0.05) is 44.8 Å². The van der Waals surface area contributed by atoms with E-state index in [9.17, 15) is 8.42 Å². The number of hydrogen-bond donors (Lipinski definition) is 0. The van der Waals surface area contributed by atoms with Crippen LogP contribution in [0.1, 0.15) is 5.82 Å². The maximum Gasteiger partial charge on any atom is 0.244 e. The number of halogens is 2. The van der Waals surface area contributed by atoms with Crippen LogP contribution in [-0.2, 0) is 21.4 Å². The van der Waals surface area contributed by atoms with Crippen LogP contribution in [-0.4, -0.2) is 55.4 Å². The van der Waals surface area contributed by atoms with Crippen molar-refractivity contribution in [2.75, 3.05) is 38.2 Å². The SMILES string of the molecule is COCc1nsc(N2CCN(S(=O)(=O)c3cccc(Cl)c3Cl)CC2)n1. The van der Waals surface area contributed by atoms with E-state index in [1.54, 1.807) is 19.2 Å². The molecule has 0 spiro atoms. The highest BCUT2D eigenvalue weighted by Crippen LogP contribution is 2.31. The number of nitrogens with zero attached hydrogens (tertiary/aromatic N) is 4. The second kappa shape index (κ2) is 7.73. The molecule has 1 fully saturated rings. The quantitative estimate of drug-likeness (QED) is 0.736. The fraction of sp³-hybridized carbons (Fsp3) is 0.429. The number of sulfonamides is 1. The van der Waals surface area contributed by atoms with E-state index < -0.39 is 10.0 Å². The van der Waals surface area contributed by atoms with Crippen molar-refractivity contribution in [2.24, 2.45) is 0 Å². The van der Waals surface area contributed by atoms with E-state index in [0.29, 0.717) is 38.6 Å². The lowest BCUT2D eigenvalue weighted by molar-refractivity contribution is 0.179. The van der Waals surface area contributed by atoms with Crippen LogP contribution >= 0.6 is 34.7 Å². The molecule has 0 radical (unpaired) electrons. The Morgan fingerprint density at radius 2 is 1.96 bits per heavy atom. The minimum atomic E-state index is -3.69. The molecule has 25 heavy (non-hydrogen) atoms. The predicted octanol–water partition coefficient (Wildman–Crippen LogP) is 2.50. The maximum atomic E-state index is 12.8.